The molecule has 1 aromatic carbocycles. The van der Waals surface area contributed by atoms with Crippen LogP contribution in [0.2, 0.25) is 0 Å². The van der Waals surface area contributed by atoms with Crippen molar-refractivity contribution >= 4 is 12.2 Å². The molecule has 0 spiro atoms. The zero-order valence-electron chi connectivity index (χ0n) is 12.0. The Hall–Kier alpha value is -1.48. The Labute approximate surface area is 125 Å². The standard InChI is InChI=1S/C17H20N2S/c1-11(2)8-12-4-3-5-14(9-12)15-10-16(20)19-17(18-15)13-6-7-13/h3-5,9-11,13H,6-8H2,1-2H3,(H,18,19,20). The summed E-state index contributed by atoms with van der Waals surface area (Å²) >= 11 is 5.31. The van der Waals surface area contributed by atoms with E-state index < -0.39 is 0 Å². The first-order valence-electron chi connectivity index (χ1n) is 7.32. The fourth-order valence-corrected chi connectivity index (χ4v) is 2.74. The van der Waals surface area contributed by atoms with Gasteiger partial charge in [-0.3, -0.25) is 0 Å². The van der Waals surface area contributed by atoms with Crippen molar-refractivity contribution in [2.45, 2.75) is 39.0 Å². The molecule has 20 heavy (non-hydrogen) atoms. The highest BCUT2D eigenvalue weighted by molar-refractivity contribution is 7.71. The van der Waals surface area contributed by atoms with E-state index in [9.17, 15) is 0 Å². The molecule has 3 rings (SSSR count). The summed E-state index contributed by atoms with van der Waals surface area (Å²) in [4.78, 5) is 7.92. The number of rotatable bonds is 4. The summed E-state index contributed by atoms with van der Waals surface area (Å²) in [7, 11) is 0. The van der Waals surface area contributed by atoms with Crippen LogP contribution in [-0.4, -0.2) is 9.97 Å². The molecule has 0 amide bonds. The quantitative estimate of drug-likeness (QED) is 0.810. The predicted molar refractivity (Wildman–Crippen MR) is 85.4 cm³/mol. The minimum Gasteiger partial charge on any atom is -0.343 e. The first-order chi connectivity index (χ1) is 9.61. The van der Waals surface area contributed by atoms with Gasteiger partial charge < -0.3 is 4.98 Å². The van der Waals surface area contributed by atoms with Crippen LogP contribution in [0.25, 0.3) is 11.3 Å². The summed E-state index contributed by atoms with van der Waals surface area (Å²) in [6.45, 7) is 4.50. The Morgan fingerprint density at radius 2 is 2.10 bits per heavy atom. The molecule has 0 aliphatic heterocycles. The van der Waals surface area contributed by atoms with Gasteiger partial charge in [0.15, 0.2) is 0 Å². The lowest BCUT2D eigenvalue weighted by molar-refractivity contribution is 0.647. The molecule has 1 aliphatic rings. The van der Waals surface area contributed by atoms with E-state index in [1.165, 1.54) is 24.0 Å². The molecule has 1 aromatic heterocycles. The van der Waals surface area contributed by atoms with Crippen molar-refractivity contribution in [3.05, 3.63) is 46.4 Å². The summed E-state index contributed by atoms with van der Waals surface area (Å²) in [5.41, 5.74) is 3.68. The topological polar surface area (TPSA) is 28.7 Å². The van der Waals surface area contributed by atoms with Crippen LogP contribution in [0, 0.1) is 10.6 Å². The maximum absolute atomic E-state index is 5.31. The summed E-state index contributed by atoms with van der Waals surface area (Å²) in [6.07, 6.45) is 3.57. The van der Waals surface area contributed by atoms with Crippen LogP contribution in [0.4, 0.5) is 0 Å². The normalized spacial score (nSPS) is 14.8. The van der Waals surface area contributed by atoms with Gasteiger partial charge >= 0.3 is 0 Å². The van der Waals surface area contributed by atoms with Crippen LogP contribution in [0.15, 0.2) is 30.3 Å². The van der Waals surface area contributed by atoms with Crippen LogP contribution in [0.5, 0.6) is 0 Å². The van der Waals surface area contributed by atoms with Crippen LogP contribution in [0.3, 0.4) is 0 Å². The molecule has 104 valence electrons. The molecular weight excluding hydrogens is 264 g/mol. The van der Waals surface area contributed by atoms with Crippen molar-refractivity contribution in [1.82, 2.24) is 9.97 Å². The first kappa shape index (κ1) is 13.5. The molecule has 1 N–H and O–H groups in total. The van der Waals surface area contributed by atoms with Crippen molar-refractivity contribution in [2.75, 3.05) is 0 Å². The van der Waals surface area contributed by atoms with Crippen molar-refractivity contribution in [3.8, 4) is 11.3 Å². The Kier molecular flexibility index (Phi) is 3.70. The molecule has 0 bridgehead atoms. The van der Waals surface area contributed by atoms with E-state index in [1.807, 2.05) is 6.07 Å². The smallest absolute Gasteiger partial charge is 0.130 e. The van der Waals surface area contributed by atoms with Gasteiger partial charge in [0.1, 0.15) is 10.5 Å². The van der Waals surface area contributed by atoms with Gasteiger partial charge in [-0.1, -0.05) is 44.3 Å². The maximum atomic E-state index is 5.31. The zero-order chi connectivity index (χ0) is 14.1. The fraction of sp³-hybridized carbons (Fsp3) is 0.412. The summed E-state index contributed by atoms with van der Waals surface area (Å²) in [6, 6.07) is 10.7. The van der Waals surface area contributed by atoms with Gasteiger partial charge in [-0.2, -0.15) is 0 Å². The monoisotopic (exact) mass is 284 g/mol. The molecule has 2 aromatic rings. The van der Waals surface area contributed by atoms with E-state index in [1.54, 1.807) is 0 Å². The molecule has 0 unspecified atom stereocenters. The molecule has 1 fully saturated rings. The van der Waals surface area contributed by atoms with Crippen molar-refractivity contribution < 1.29 is 0 Å². The highest BCUT2D eigenvalue weighted by Crippen LogP contribution is 2.38. The van der Waals surface area contributed by atoms with E-state index in [0.717, 1.165) is 17.9 Å². The Bertz CT molecular complexity index is 669. The summed E-state index contributed by atoms with van der Waals surface area (Å²) < 4.78 is 0.690. The van der Waals surface area contributed by atoms with Crippen LogP contribution in [0.1, 0.15) is 44.0 Å². The maximum Gasteiger partial charge on any atom is 0.130 e. The third-order valence-electron chi connectivity index (χ3n) is 3.61. The molecule has 1 heterocycles. The minimum atomic E-state index is 0.593. The number of hydrogen-bond donors (Lipinski definition) is 1. The fourth-order valence-electron chi connectivity index (χ4n) is 2.52. The second-order valence-corrected chi connectivity index (χ2v) is 6.51. The van der Waals surface area contributed by atoms with Crippen LogP contribution < -0.4 is 0 Å². The lowest BCUT2D eigenvalue weighted by Crippen LogP contribution is -1.97. The SMILES string of the molecule is CC(C)Cc1cccc(-c2cc(=S)nc(C3CC3)[nH]2)c1. The van der Waals surface area contributed by atoms with Crippen molar-refractivity contribution in [3.63, 3.8) is 0 Å². The second-order valence-electron chi connectivity index (χ2n) is 6.09. The number of hydrogen-bond acceptors (Lipinski definition) is 2. The van der Waals surface area contributed by atoms with E-state index in [-0.39, 0.29) is 0 Å². The molecule has 1 aliphatic carbocycles. The van der Waals surface area contributed by atoms with E-state index >= 15 is 0 Å². The van der Waals surface area contributed by atoms with Gasteiger partial charge in [0.25, 0.3) is 0 Å². The second kappa shape index (κ2) is 5.49. The van der Waals surface area contributed by atoms with Gasteiger partial charge in [0, 0.05) is 11.6 Å². The van der Waals surface area contributed by atoms with Gasteiger partial charge in [-0.15, -0.1) is 0 Å². The van der Waals surface area contributed by atoms with Gasteiger partial charge in [0.2, 0.25) is 0 Å². The predicted octanol–water partition coefficient (Wildman–Crippen LogP) is 4.88. The third-order valence-corrected chi connectivity index (χ3v) is 3.82. The number of nitrogens with one attached hydrogen (secondary N) is 1. The summed E-state index contributed by atoms with van der Waals surface area (Å²) in [5.74, 6) is 2.32. The molecule has 0 radical (unpaired) electrons. The van der Waals surface area contributed by atoms with Crippen molar-refractivity contribution in [1.29, 1.82) is 0 Å². The molecular formula is C17H20N2S. The lowest BCUT2D eigenvalue weighted by atomic mass is 10.00. The van der Waals surface area contributed by atoms with E-state index in [2.05, 4.69) is 48.1 Å². The van der Waals surface area contributed by atoms with Crippen LogP contribution >= 0.6 is 12.2 Å². The highest BCUT2D eigenvalue weighted by Gasteiger charge is 2.26. The lowest BCUT2D eigenvalue weighted by Gasteiger charge is -2.09. The summed E-state index contributed by atoms with van der Waals surface area (Å²) in [5, 5.41) is 0. The van der Waals surface area contributed by atoms with Gasteiger partial charge in [-0.05, 0) is 48.4 Å². The molecule has 2 nitrogen and oxygen atoms in total. The number of aromatic amines is 1. The van der Waals surface area contributed by atoms with Crippen LogP contribution in [-0.2, 0) is 6.42 Å². The van der Waals surface area contributed by atoms with E-state index in [4.69, 9.17) is 12.2 Å². The van der Waals surface area contributed by atoms with Gasteiger partial charge in [0.05, 0.1) is 0 Å². The van der Waals surface area contributed by atoms with Gasteiger partial charge in [-0.25, -0.2) is 4.98 Å². The molecule has 0 saturated heterocycles. The van der Waals surface area contributed by atoms with E-state index in [0.29, 0.717) is 16.5 Å². The van der Waals surface area contributed by atoms with Crippen molar-refractivity contribution in [2.24, 2.45) is 5.92 Å². The minimum absolute atomic E-state index is 0.593. The Morgan fingerprint density at radius 1 is 1.30 bits per heavy atom. The molecule has 3 heteroatoms. The average molecular weight is 284 g/mol. The zero-order valence-corrected chi connectivity index (χ0v) is 12.8. The third kappa shape index (κ3) is 3.15. The number of H-pyrrole nitrogens is 1. The first-order valence-corrected chi connectivity index (χ1v) is 7.73. The Balaban J connectivity index is 1.97. The highest BCUT2D eigenvalue weighted by atomic mass is 32.1. The Morgan fingerprint density at radius 3 is 2.80 bits per heavy atom. The molecule has 1 saturated carbocycles. The molecule has 0 atom stereocenters. The average Bonchev–Trinajstić information content (AvgIpc) is 3.22. The number of benzene rings is 1. The number of aromatic nitrogens is 2. The number of nitrogens with zero attached hydrogens (tertiary/aromatic N) is 1. The largest absolute Gasteiger partial charge is 0.343 e.